The van der Waals surface area contributed by atoms with Gasteiger partial charge in [0.1, 0.15) is 0 Å². The predicted octanol–water partition coefficient (Wildman–Crippen LogP) is 0.160. The number of amides is 1. The van der Waals surface area contributed by atoms with Gasteiger partial charge >= 0.3 is 0 Å². The number of hydrogen-bond acceptors (Lipinski definition) is 3. The van der Waals surface area contributed by atoms with E-state index in [9.17, 15) is 9.90 Å². The fourth-order valence-corrected chi connectivity index (χ4v) is 2.24. The Bertz CT molecular complexity index is 233. The zero-order chi connectivity index (χ0) is 10.7. The van der Waals surface area contributed by atoms with E-state index in [1.165, 1.54) is 12.8 Å². The summed E-state index contributed by atoms with van der Waals surface area (Å²) in [5, 5.41) is 15.5. The molecule has 0 bridgehead atoms. The molecule has 2 saturated carbocycles. The molecule has 0 aliphatic heterocycles. The van der Waals surface area contributed by atoms with Gasteiger partial charge in [-0.3, -0.25) is 4.79 Å². The van der Waals surface area contributed by atoms with Crippen LogP contribution < -0.4 is 10.6 Å². The predicted molar refractivity (Wildman–Crippen MR) is 57.5 cm³/mol. The van der Waals surface area contributed by atoms with E-state index in [0.29, 0.717) is 12.6 Å². The van der Waals surface area contributed by atoms with Gasteiger partial charge in [0.05, 0.1) is 18.7 Å². The number of aliphatic hydroxyl groups is 1. The molecule has 3 N–H and O–H groups in total. The fourth-order valence-electron chi connectivity index (χ4n) is 2.24. The molecule has 0 atom stereocenters. The number of carbonyl (C=O) groups is 1. The largest absolute Gasteiger partial charge is 0.394 e. The van der Waals surface area contributed by atoms with E-state index in [1.54, 1.807) is 0 Å². The molecule has 2 aliphatic rings. The van der Waals surface area contributed by atoms with Crippen LogP contribution in [0.15, 0.2) is 0 Å². The number of hydrogen-bond donors (Lipinski definition) is 3. The monoisotopic (exact) mass is 212 g/mol. The van der Waals surface area contributed by atoms with Gasteiger partial charge in [-0.15, -0.1) is 0 Å². The van der Waals surface area contributed by atoms with Crippen LogP contribution in [0.5, 0.6) is 0 Å². The molecule has 4 nitrogen and oxygen atoms in total. The second kappa shape index (κ2) is 4.49. The molecule has 2 aliphatic carbocycles. The Morgan fingerprint density at radius 3 is 2.53 bits per heavy atom. The summed E-state index contributed by atoms with van der Waals surface area (Å²) in [4.78, 5) is 11.6. The molecule has 0 radical (unpaired) electrons. The average molecular weight is 212 g/mol. The molecule has 0 aromatic heterocycles. The summed E-state index contributed by atoms with van der Waals surface area (Å²) in [6, 6.07) is 0.560. The zero-order valence-corrected chi connectivity index (χ0v) is 9.09. The van der Waals surface area contributed by atoms with Crippen LogP contribution >= 0.6 is 0 Å². The van der Waals surface area contributed by atoms with Crippen molar-refractivity contribution in [1.29, 1.82) is 0 Å². The Labute approximate surface area is 90.4 Å². The molecule has 15 heavy (non-hydrogen) atoms. The maximum atomic E-state index is 11.6. The van der Waals surface area contributed by atoms with Gasteiger partial charge in [0.15, 0.2) is 0 Å². The third-order valence-electron chi connectivity index (χ3n) is 3.40. The quantitative estimate of drug-likeness (QED) is 0.608. The number of aliphatic hydroxyl groups excluding tert-OH is 1. The van der Waals surface area contributed by atoms with Gasteiger partial charge in [0, 0.05) is 6.04 Å². The number of nitrogens with one attached hydrogen (secondary N) is 2. The average Bonchev–Trinajstić information content (AvgIpc) is 2.96. The Morgan fingerprint density at radius 1 is 1.33 bits per heavy atom. The Morgan fingerprint density at radius 2 is 2.00 bits per heavy atom. The lowest BCUT2D eigenvalue weighted by molar-refractivity contribution is -0.122. The SMILES string of the molecule is O=C(CNC1CC1)NC1(CO)CCCC1. The van der Waals surface area contributed by atoms with Gasteiger partial charge in [-0.1, -0.05) is 12.8 Å². The molecule has 0 aromatic carbocycles. The van der Waals surface area contributed by atoms with Crippen molar-refractivity contribution < 1.29 is 9.90 Å². The first-order valence-corrected chi connectivity index (χ1v) is 5.89. The van der Waals surface area contributed by atoms with Gasteiger partial charge in [-0.2, -0.15) is 0 Å². The van der Waals surface area contributed by atoms with Crippen molar-refractivity contribution >= 4 is 5.91 Å². The zero-order valence-electron chi connectivity index (χ0n) is 9.09. The lowest BCUT2D eigenvalue weighted by atomic mass is 9.99. The van der Waals surface area contributed by atoms with Gasteiger partial charge in [-0.25, -0.2) is 0 Å². The molecule has 1 amide bonds. The summed E-state index contributed by atoms with van der Waals surface area (Å²) in [6.07, 6.45) is 6.43. The maximum absolute atomic E-state index is 11.6. The molecule has 0 spiro atoms. The molecule has 2 fully saturated rings. The Balaban J connectivity index is 1.74. The van der Waals surface area contributed by atoms with Gasteiger partial charge in [-0.05, 0) is 25.7 Å². The van der Waals surface area contributed by atoms with Crippen molar-refractivity contribution in [3.63, 3.8) is 0 Å². The van der Waals surface area contributed by atoms with E-state index in [2.05, 4.69) is 10.6 Å². The fraction of sp³-hybridized carbons (Fsp3) is 0.909. The van der Waals surface area contributed by atoms with Crippen molar-refractivity contribution in [3.05, 3.63) is 0 Å². The second-order valence-electron chi connectivity index (χ2n) is 4.85. The van der Waals surface area contributed by atoms with Crippen molar-refractivity contribution in [2.75, 3.05) is 13.2 Å². The molecular weight excluding hydrogens is 192 g/mol. The maximum Gasteiger partial charge on any atom is 0.234 e. The summed E-state index contributed by atoms with van der Waals surface area (Å²) in [6.45, 7) is 0.467. The molecule has 4 heteroatoms. The normalized spacial score (nSPS) is 24.1. The first-order chi connectivity index (χ1) is 7.24. The number of carbonyl (C=O) groups excluding carboxylic acids is 1. The van der Waals surface area contributed by atoms with Gasteiger partial charge in [0.2, 0.25) is 5.91 Å². The molecule has 0 saturated heterocycles. The minimum absolute atomic E-state index is 0.0258. The minimum atomic E-state index is -0.317. The van der Waals surface area contributed by atoms with Crippen LogP contribution in [0.2, 0.25) is 0 Å². The highest BCUT2D eigenvalue weighted by atomic mass is 16.3. The van der Waals surface area contributed by atoms with Crippen LogP contribution in [0.1, 0.15) is 38.5 Å². The first-order valence-electron chi connectivity index (χ1n) is 5.89. The Kier molecular flexibility index (Phi) is 3.26. The molecule has 0 unspecified atom stereocenters. The van der Waals surface area contributed by atoms with Crippen LogP contribution in [0.4, 0.5) is 0 Å². The second-order valence-corrected chi connectivity index (χ2v) is 4.85. The van der Waals surface area contributed by atoms with Crippen LogP contribution in [0.3, 0.4) is 0 Å². The summed E-state index contributed by atoms with van der Waals surface area (Å²) in [7, 11) is 0. The summed E-state index contributed by atoms with van der Waals surface area (Å²) in [5.74, 6) is 0.0258. The van der Waals surface area contributed by atoms with E-state index in [1.807, 2.05) is 0 Å². The van der Waals surface area contributed by atoms with Crippen LogP contribution in [-0.4, -0.2) is 35.7 Å². The topological polar surface area (TPSA) is 61.4 Å². The Hall–Kier alpha value is -0.610. The lowest BCUT2D eigenvalue weighted by Crippen LogP contribution is -2.51. The lowest BCUT2D eigenvalue weighted by Gasteiger charge is -2.28. The van der Waals surface area contributed by atoms with E-state index in [4.69, 9.17) is 0 Å². The standard InChI is InChI=1S/C11H20N2O2/c14-8-11(5-1-2-6-11)13-10(15)7-12-9-3-4-9/h9,12,14H,1-8H2,(H,13,15). The van der Waals surface area contributed by atoms with Gasteiger partial charge in [0.25, 0.3) is 0 Å². The molecule has 0 aromatic rings. The smallest absolute Gasteiger partial charge is 0.234 e. The first kappa shape index (κ1) is 10.9. The van der Waals surface area contributed by atoms with Crippen molar-refractivity contribution in [1.82, 2.24) is 10.6 Å². The highest BCUT2D eigenvalue weighted by Gasteiger charge is 2.34. The molecule has 86 valence electrons. The molecule has 2 rings (SSSR count). The van der Waals surface area contributed by atoms with E-state index in [0.717, 1.165) is 25.7 Å². The van der Waals surface area contributed by atoms with Crippen molar-refractivity contribution in [2.24, 2.45) is 0 Å². The van der Waals surface area contributed by atoms with Crippen LogP contribution in [-0.2, 0) is 4.79 Å². The van der Waals surface area contributed by atoms with Crippen LogP contribution in [0.25, 0.3) is 0 Å². The van der Waals surface area contributed by atoms with Crippen LogP contribution in [0, 0.1) is 0 Å². The minimum Gasteiger partial charge on any atom is -0.394 e. The highest BCUT2D eigenvalue weighted by Crippen LogP contribution is 2.28. The summed E-state index contributed by atoms with van der Waals surface area (Å²) < 4.78 is 0. The number of rotatable bonds is 5. The van der Waals surface area contributed by atoms with E-state index >= 15 is 0 Å². The third-order valence-corrected chi connectivity index (χ3v) is 3.40. The molecular formula is C11H20N2O2. The van der Waals surface area contributed by atoms with E-state index in [-0.39, 0.29) is 18.1 Å². The summed E-state index contributed by atoms with van der Waals surface area (Å²) >= 11 is 0. The molecule has 0 heterocycles. The van der Waals surface area contributed by atoms with Crippen molar-refractivity contribution in [3.8, 4) is 0 Å². The summed E-state index contributed by atoms with van der Waals surface area (Å²) in [5.41, 5.74) is -0.317. The third kappa shape index (κ3) is 2.92. The van der Waals surface area contributed by atoms with Crippen molar-refractivity contribution in [2.45, 2.75) is 50.1 Å². The van der Waals surface area contributed by atoms with E-state index < -0.39 is 0 Å². The van der Waals surface area contributed by atoms with Gasteiger partial charge < -0.3 is 15.7 Å². The highest BCUT2D eigenvalue weighted by molar-refractivity contribution is 5.79.